The van der Waals surface area contributed by atoms with Crippen molar-refractivity contribution in [3.8, 4) is 0 Å². The minimum atomic E-state index is -0.298. The number of fused-ring (bicyclic) bond motifs is 1. The molecule has 3 aromatic rings. The molecule has 0 saturated carbocycles. The zero-order valence-electron chi connectivity index (χ0n) is 16.8. The number of anilines is 2. The van der Waals surface area contributed by atoms with E-state index in [1.54, 1.807) is 18.5 Å². The Morgan fingerprint density at radius 2 is 1.90 bits per heavy atom. The Balaban J connectivity index is 1.47. The molecule has 1 aromatic heterocycles. The molecule has 0 unspecified atom stereocenters. The van der Waals surface area contributed by atoms with Gasteiger partial charge in [0.2, 0.25) is 5.69 Å². The van der Waals surface area contributed by atoms with Gasteiger partial charge in [0.15, 0.2) is 0 Å². The highest BCUT2D eigenvalue weighted by Crippen LogP contribution is 2.34. The van der Waals surface area contributed by atoms with Crippen molar-refractivity contribution in [2.75, 3.05) is 29.9 Å². The molecule has 0 spiro atoms. The highest BCUT2D eigenvalue weighted by molar-refractivity contribution is 6.33. The fourth-order valence-electron chi connectivity index (χ4n) is 3.80. The molecule has 8 heteroatoms. The number of hydrogen-bond acceptors (Lipinski definition) is 4. The minimum Gasteiger partial charge on any atom is -0.363 e. The third-order valence-electron chi connectivity index (χ3n) is 5.27. The van der Waals surface area contributed by atoms with Gasteiger partial charge in [-0.3, -0.25) is 9.97 Å². The van der Waals surface area contributed by atoms with E-state index in [0.717, 1.165) is 16.7 Å². The second kappa shape index (κ2) is 7.81. The number of nitrogens with one attached hydrogen (secondary N) is 1. The molecule has 1 aliphatic heterocycles. The second-order valence-electron chi connectivity index (χ2n) is 7.82. The number of carbonyl (C=O) groups excluding carboxylic acids is 1. The highest BCUT2D eigenvalue weighted by Gasteiger charge is 2.36. The monoisotopic (exact) mass is 420 g/mol. The van der Waals surface area contributed by atoms with Crippen LogP contribution in [0.15, 0.2) is 48.8 Å². The van der Waals surface area contributed by atoms with Crippen LogP contribution in [0.25, 0.3) is 15.9 Å². The Kier molecular flexibility index (Phi) is 5.18. The first-order chi connectivity index (χ1) is 14.4. The number of benzene rings is 2. The van der Waals surface area contributed by atoms with Crippen LogP contribution in [0.4, 0.5) is 21.9 Å². The summed E-state index contributed by atoms with van der Waals surface area (Å²) in [5.74, 6) is 0. The Morgan fingerprint density at radius 1 is 1.13 bits per heavy atom. The summed E-state index contributed by atoms with van der Waals surface area (Å²) in [6, 6.07) is 10.8. The first-order valence-electron chi connectivity index (χ1n) is 9.59. The Morgan fingerprint density at radius 3 is 2.60 bits per heavy atom. The molecule has 1 saturated heterocycles. The van der Waals surface area contributed by atoms with Crippen molar-refractivity contribution in [3.63, 3.8) is 0 Å². The number of aromatic nitrogens is 2. The van der Waals surface area contributed by atoms with Crippen LogP contribution in [0.5, 0.6) is 0 Å². The fourth-order valence-corrected chi connectivity index (χ4v) is 4.02. The largest absolute Gasteiger partial charge is 0.363 e. The summed E-state index contributed by atoms with van der Waals surface area (Å²) in [5, 5.41) is 3.41. The molecule has 1 N–H and O–H groups in total. The van der Waals surface area contributed by atoms with E-state index in [1.165, 1.54) is 0 Å². The SMILES string of the molecule is [C-]#[N+]c1ccc(N2CCN(C(=O)Nc3ccc4nccnc4c3)CC2(C)C)cc1Cl. The standard InChI is InChI=1S/C22H21ClN6O/c1-22(2)14-28(10-11-29(22)16-5-7-18(24-3)17(23)13-16)21(30)27-15-4-6-19-20(12-15)26-9-8-25-19/h4-9,12-13H,10-11,14H2,1-2H3,(H,27,30). The highest BCUT2D eigenvalue weighted by atomic mass is 35.5. The summed E-state index contributed by atoms with van der Waals surface area (Å²) in [4.78, 5) is 28.9. The summed E-state index contributed by atoms with van der Waals surface area (Å²) in [7, 11) is 0. The molecule has 1 aliphatic rings. The van der Waals surface area contributed by atoms with Crippen molar-refractivity contribution < 1.29 is 4.79 Å². The quantitative estimate of drug-likeness (QED) is 0.594. The summed E-state index contributed by atoms with van der Waals surface area (Å²) >= 11 is 6.23. The molecule has 7 nitrogen and oxygen atoms in total. The van der Waals surface area contributed by atoms with Crippen LogP contribution in [-0.2, 0) is 0 Å². The molecule has 0 aliphatic carbocycles. The van der Waals surface area contributed by atoms with Gasteiger partial charge in [0.25, 0.3) is 0 Å². The molecule has 4 rings (SSSR count). The smallest absolute Gasteiger partial charge is 0.321 e. The lowest BCUT2D eigenvalue weighted by atomic mass is 9.97. The van der Waals surface area contributed by atoms with E-state index in [2.05, 4.69) is 38.9 Å². The third kappa shape index (κ3) is 3.87. The lowest BCUT2D eigenvalue weighted by molar-refractivity contribution is 0.181. The molecule has 0 atom stereocenters. The molecule has 30 heavy (non-hydrogen) atoms. The van der Waals surface area contributed by atoms with Crippen LogP contribution < -0.4 is 10.2 Å². The second-order valence-corrected chi connectivity index (χ2v) is 8.23. The van der Waals surface area contributed by atoms with Crippen LogP contribution >= 0.6 is 11.6 Å². The Hall–Kier alpha value is -3.37. The summed E-state index contributed by atoms with van der Waals surface area (Å²) in [6.07, 6.45) is 3.27. The topological polar surface area (TPSA) is 65.7 Å². The number of amides is 2. The van der Waals surface area contributed by atoms with Gasteiger partial charge in [-0.2, -0.15) is 0 Å². The van der Waals surface area contributed by atoms with Gasteiger partial charge >= 0.3 is 6.03 Å². The molecular weight excluding hydrogens is 400 g/mol. The molecule has 2 aromatic carbocycles. The number of carbonyl (C=O) groups is 1. The number of halogens is 1. The minimum absolute atomic E-state index is 0.146. The van der Waals surface area contributed by atoms with Crippen LogP contribution in [0.1, 0.15) is 13.8 Å². The van der Waals surface area contributed by atoms with Crippen molar-refractivity contribution in [1.29, 1.82) is 0 Å². The molecule has 1 fully saturated rings. The number of piperazine rings is 1. The average molecular weight is 421 g/mol. The van der Waals surface area contributed by atoms with Crippen LogP contribution in [0, 0.1) is 6.57 Å². The maximum atomic E-state index is 12.9. The van der Waals surface area contributed by atoms with E-state index >= 15 is 0 Å². The molecule has 0 bridgehead atoms. The zero-order valence-corrected chi connectivity index (χ0v) is 17.5. The van der Waals surface area contributed by atoms with Gasteiger partial charge in [0.05, 0.1) is 23.1 Å². The van der Waals surface area contributed by atoms with Gasteiger partial charge in [-0.25, -0.2) is 9.64 Å². The van der Waals surface area contributed by atoms with E-state index in [0.29, 0.717) is 36.0 Å². The lowest BCUT2D eigenvalue weighted by Gasteiger charge is -2.48. The normalized spacial score (nSPS) is 15.7. The summed E-state index contributed by atoms with van der Waals surface area (Å²) < 4.78 is 0. The van der Waals surface area contributed by atoms with Crippen molar-refractivity contribution in [3.05, 3.63) is 65.2 Å². The molecular formula is C22H21ClN6O. The zero-order chi connectivity index (χ0) is 21.3. The van der Waals surface area contributed by atoms with Gasteiger partial charge < -0.3 is 15.1 Å². The summed E-state index contributed by atoms with van der Waals surface area (Å²) in [6.45, 7) is 13.1. The first kappa shape index (κ1) is 19.9. The van der Waals surface area contributed by atoms with Crippen molar-refractivity contribution in [2.45, 2.75) is 19.4 Å². The van der Waals surface area contributed by atoms with Crippen molar-refractivity contribution in [2.24, 2.45) is 0 Å². The maximum Gasteiger partial charge on any atom is 0.321 e. The Bertz CT molecular complexity index is 1160. The van der Waals surface area contributed by atoms with Gasteiger partial charge in [0, 0.05) is 48.4 Å². The van der Waals surface area contributed by atoms with Crippen LogP contribution in [0.3, 0.4) is 0 Å². The number of hydrogen-bond donors (Lipinski definition) is 1. The lowest BCUT2D eigenvalue weighted by Crippen LogP contribution is -2.61. The predicted octanol–water partition coefficient (Wildman–Crippen LogP) is 4.97. The molecule has 2 heterocycles. The van der Waals surface area contributed by atoms with Gasteiger partial charge in [-0.15, -0.1) is 0 Å². The molecule has 2 amide bonds. The molecule has 152 valence electrons. The van der Waals surface area contributed by atoms with E-state index in [1.807, 2.05) is 35.2 Å². The maximum absolute atomic E-state index is 12.9. The van der Waals surface area contributed by atoms with Crippen LogP contribution in [0.2, 0.25) is 5.02 Å². The average Bonchev–Trinajstić information content (AvgIpc) is 2.73. The van der Waals surface area contributed by atoms with E-state index in [-0.39, 0.29) is 11.6 Å². The molecule has 0 radical (unpaired) electrons. The first-order valence-corrected chi connectivity index (χ1v) is 9.96. The van der Waals surface area contributed by atoms with E-state index in [9.17, 15) is 4.79 Å². The van der Waals surface area contributed by atoms with E-state index < -0.39 is 0 Å². The van der Waals surface area contributed by atoms with Crippen molar-refractivity contribution >= 4 is 45.7 Å². The van der Waals surface area contributed by atoms with Gasteiger partial charge in [-0.1, -0.05) is 17.7 Å². The van der Waals surface area contributed by atoms with Gasteiger partial charge in [-0.05, 0) is 44.2 Å². The van der Waals surface area contributed by atoms with E-state index in [4.69, 9.17) is 18.2 Å². The fraction of sp³-hybridized carbons (Fsp3) is 0.273. The summed E-state index contributed by atoms with van der Waals surface area (Å²) in [5.41, 5.74) is 3.30. The van der Waals surface area contributed by atoms with Crippen LogP contribution in [-0.4, -0.2) is 46.1 Å². The Labute approximate surface area is 180 Å². The van der Waals surface area contributed by atoms with Crippen molar-refractivity contribution in [1.82, 2.24) is 14.9 Å². The third-order valence-corrected chi connectivity index (χ3v) is 5.58. The predicted molar refractivity (Wildman–Crippen MR) is 119 cm³/mol. The number of urea groups is 1. The number of nitrogens with zero attached hydrogens (tertiary/aromatic N) is 5. The van der Waals surface area contributed by atoms with Gasteiger partial charge in [0.1, 0.15) is 0 Å². The number of rotatable bonds is 2.